The van der Waals surface area contributed by atoms with Crippen molar-refractivity contribution in [3.05, 3.63) is 82.4 Å². The number of aromatic nitrogens is 3. The topological polar surface area (TPSA) is 68.4 Å². The number of pyridine rings is 1. The molecule has 0 spiro atoms. The third-order valence-electron chi connectivity index (χ3n) is 9.16. The molecule has 4 aliphatic rings. The van der Waals surface area contributed by atoms with Gasteiger partial charge in [0.15, 0.2) is 5.65 Å². The minimum atomic E-state index is -0.0716. The number of hydrogen-bond acceptors (Lipinski definition) is 3. The van der Waals surface area contributed by atoms with Crippen LogP contribution in [0.15, 0.2) is 65.7 Å². The zero-order valence-corrected chi connectivity index (χ0v) is 20.5. The third kappa shape index (κ3) is 3.66. The molecule has 0 radical (unpaired) electrons. The number of amides is 1. The van der Waals surface area contributed by atoms with E-state index in [1.807, 2.05) is 59.1 Å². The third-order valence-corrected chi connectivity index (χ3v) is 9.16. The van der Waals surface area contributed by atoms with Crippen LogP contribution in [-0.2, 0) is 6.54 Å². The maximum atomic E-state index is 13.2. The second kappa shape index (κ2) is 8.32. The fourth-order valence-corrected chi connectivity index (χ4v) is 8.01. The van der Waals surface area contributed by atoms with Crippen molar-refractivity contribution in [2.24, 2.45) is 23.2 Å². The summed E-state index contributed by atoms with van der Waals surface area (Å²) in [5, 5.41) is 3.19. The summed E-state index contributed by atoms with van der Waals surface area (Å²) in [6.45, 7) is 1.17. The van der Waals surface area contributed by atoms with Gasteiger partial charge in [-0.25, -0.2) is 4.98 Å². The van der Waals surface area contributed by atoms with Gasteiger partial charge in [-0.1, -0.05) is 12.1 Å². The molecule has 0 atom stereocenters. The summed E-state index contributed by atoms with van der Waals surface area (Å²) in [5.74, 6) is 2.82. The summed E-state index contributed by atoms with van der Waals surface area (Å²) >= 11 is 0. The fraction of sp³-hybridized carbons (Fsp3) is 0.433. The van der Waals surface area contributed by atoms with E-state index >= 15 is 0 Å². The molecule has 3 aromatic heterocycles. The smallest absolute Gasteiger partial charge is 0.276 e. The normalized spacial score (nSPS) is 26.6. The van der Waals surface area contributed by atoms with Gasteiger partial charge in [-0.2, -0.15) is 0 Å². The van der Waals surface area contributed by atoms with Crippen LogP contribution in [0.3, 0.4) is 0 Å². The zero-order valence-electron chi connectivity index (χ0n) is 20.5. The molecule has 1 N–H and O–H groups in total. The van der Waals surface area contributed by atoms with E-state index in [2.05, 4.69) is 10.3 Å². The van der Waals surface area contributed by atoms with Gasteiger partial charge in [0, 0.05) is 24.5 Å². The van der Waals surface area contributed by atoms with Crippen molar-refractivity contribution in [2.75, 3.05) is 6.54 Å². The first-order valence-corrected chi connectivity index (χ1v) is 13.4. The lowest BCUT2D eigenvalue weighted by Crippen LogP contribution is -2.47. The highest BCUT2D eigenvalue weighted by Gasteiger charge is 2.50. The van der Waals surface area contributed by atoms with Crippen molar-refractivity contribution in [3.63, 3.8) is 0 Å². The highest BCUT2D eigenvalue weighted by Crippen LogP contribution is 2.61. The summed E-state index contributed by atoms with van der Waals surface area (Å²) in [6.07, 6.45) is 13.2. The highest BCUT2D eigenvalue weighted by molar-refractivity contribution is 5.94. The lowest BCUT2D eigenvalue weighted by Gasteiger charge is -2.57. The fourth-order valence-electron chi connectivity index (χ4n) is 8.01. The molecule has 6 heteroatoms. The van der Waals surface area contributed by atoms with Gasteiger partial charge in [0.05, 0.1) is 12.1 Å². The van der Waals surface area contributed by atoms with Gasteiger partial charge in [-0.15, -0.1) is 0 Å². The Morgan fingerprint density at radius 2 is 1.64 bits per heavy atom. The Balaban J connectivity index is 1.04. The van der Waals surface area contributed by atoms with E-state index in [0.29, 0.717) is 28.7 Å². The Kier molecular flexibility index (Phi) is 5.05. The van der Waals surface area contributed by atoms with Gasteiger partial charge in [0.25, 0.3) is 11.5 Å². The molecule has 4 bridgehead atoms. The van der Waals surface area contributed by atoms with Crippen molar-refractivity contribution >= 4 is 22.6 Å². The van der Waals surface area contributed by atoms with Crippen LogP contribution in [0.1, 0.15) is 60.9 Å². The number of hydrogen-bond donors (Lipinski definition) is 1. The lowest BCUT2D eigenvalue weighted by atomic mass is 9.49. The quantitative estimate of drug-likeness (QED) is 0.421. The van der Waals surface area contributed by atoms with Gasteiger partial charge in [-0.3, -0.25) is 14.2 Å². The summed E-state index contributed by atoms with van der Waals surface area (Å²) in [5.41, 5.74) is 4.22. The molecule has 1 amide bonds. The van der Waals surface area contributed by atoms with Crippen molar-refractivity contribution in [3.8, 4) is 0 Å². The molecule has 3 heterocycles. The van der Waals surface area contributed by atoms with Crippen LogP contribution in [0.2, 0.25) is 0 Å². The molecule has 6 nitrogen and oxygen atoms in total. The van der Waals surface area contributed by atoms with Crippen LogP contribution in [0.4, 0.5) is 0 Å². The van der Waals surface area contributed by atoms with Crippen molar-refractivity contribution < 1.29 is 4.79 Å². The second-order valence-corrected chi connectivity index (χ2v) is 11.6. The SMILES string of the molecule is O=C(NCCC12CC3CC(CC(C3)C1)C2)c1ccc(Cn2c(=O)c3cccn3c3cccnc32)cc1. The number of rotatable bonds is 6. The van der Waals surface area contributed by atoms with Crippen LogP contribution >= 0.6 is 0 Å². The zero-order chi connectivity index (χ0) is 24.3. The Labute approximate surface area is 210 Å². The molecule has 8 rings (SSSR count). The Morgan fingerprint density at radius 3 is 2.36 bits per heavy atom. The van der Waals surface area contributed by atoms with E-state index in [1.165, 1.54) is 38.5 Å². The standard InChI is InChI=1S/C30H32N4O2/c35-28(32-11-9-30-16-21-13-22(17-30)15-23(14-21)18-30)24-7-5-20(6-8-24)19-34-27-25(3-1-10-31-27)33-12-2-4-26(33)29(34)36/h1-8,10,12,21-23H,9,11,13-19H2,(H,32,35). The molecule has 1 aromatic carbocycles. The number of carbonyl (C=O) groups is 1. The van der Waals surface area contributed by atoms with Crippen molar-refractivity contribution in [1.82, 2.24) is 19.3 Å². The molecular formula is C30H32N4O2. The van der Waals surface area contributed by atoms with Crippen LogP contribution in [0.5, 0.6) is 0 Å². The van der Waals surface area contributed by atoms with Crippen LogP contribution in [-0.4, -0.2) is 26.4 Å². The maximum Gasteiger partial charge on any atom is 0.276 e. The van der Waals surface area contributed by atoms with Gasteiger partial charge >= 0.3 is 0 Å². The summed E-state index contributed by atoms with van der Waals surface area (Å²) < 4.78 is 3.60. The minimum Gasteiger partial charge on any atom is -0.352 e. The summed E-state index contributed by atoms with van der Waals surface area (Å²) in [6, 6.07) is 15.2. The van der Waals surface area contributed by atoms with E-state index in [4.69, 9.17) is 0 Å². The Hall–Kier alpha value is -3.41. The van der Waals surface area contributed by atoms with E-state index < -0.39 is 0 Å². The molecule has 0 unspecified atom stereocenters. The summed E-state index contributed by atoms with van der Waals surface area (Å²) in [7, 11) is 0. The molecule has 184 valence electrons. The molecule has 4 aromatic rings. The molecule has 0 saturated heterocycles. The highest BCUT2D eigenvalue weighted by atomic mass is 16.1. The van der Waals surface area contributed by atoms with E-state index in [-0.39, 0.29) is 11.5 Å². The monoisotopic (exact) mass is 480 g/mol. The molecular weight excluding hydrogens is 448 g/mol. The lowest BCUT2D eigenvalue weighted by molar-refractivity contribution is -0.0564. The van der Waals surface area contributed by atoms with Gasteiger partial charge in [0.2, 0.25) is 0 Å². The summed E-state index contributed by atoms with van der Waals surface area (Å²) in [4.78, 5) is 30.5. The van der Waals surface area contributed by atoms with Crippen molar-refractivity contribution in [1.29, 1.82) is 0 Å². The van der Waals surface area contributed by atoms with E-state index in [1.54, 1.807) is 10.8 Å². The number of carbonyl (C=O) groups excluding carboxylic acids is 1. The second-order valence-electron chi connectivity index (χ2n) is 11.6. The molecule has 0 aliphatic heterocycles. The first-order valence-electron chi connectivity index (χ1n) is 13.4. The maximum absolute atomic E-state index is 13.2. The molecule has 4 aliphatic carbocycles. The largest absolute Gasteiger partial charge is 0.352 e. The van der Waals surface area contributed by atoms with Gasteiger partial charge in [0.1, 0.15) is 5.52 Å². The van der Waals surface area contributed by atoms with Crippen LogP contribution in [0, 0.1) is 23.2 Å². The predicted octanol–water partition coefficient (Wildman–Crippen LogP) is 5.03. The Bertz CT molecular complexity index is 1480. The van der Waals surface area contributed by atoms with Crippen molar-refractivity contribution in [2.45, 2.75) is 51.5 Å². The average molecular weight is 481 g/mol. The van der Waals surface area contributed by atoms with Gasteiger partial charge < -0.3 is 9.72 Å². The first-order chi connectivity index (χ1) is 17.6. The Morgan fingerprint density at radius 1 is 0.944 bits per heavy atom. The van der Waals surface area contributed by atoms with E-state index in [0.717, 1.165) is 41.8 Å². The molecule has 4 fully saturated rings. The predicted molar refractivity (Wildman–Crippen MR) is 140 cm³/mol. The molecule has 36 heavy (non-hydrogen) atoms. The minimum absolute atomic E-state index is 0.00910. The number of nitrogens with zero attached hydrogens (tertiary/aromatic N) is 3. The average Bonchev–Trinajstić information content (AvgIpc) is 3.37. The molecule has 4 saturated carbocycles. The van der Waals surface area contributed by atoms with Gasteiger partial charge in [-0.05, 0) is 110 Å². The van der Waals surface area contributed by atoms with Crippen LogP contribution < -0.4 is 10.9 Å². The van der Waals surface area contributed by atoms with E-state index in [9.17, 15) is 9.59 Å². The van der Waals surface area contributed by atoms with Crippen LogP contribution in [0.25, 0.3) is 16.7 Å². The number of nitrogens with one attached hydrogen (secondary N) is 1. The number of benzene rings is 1. The number of fused-ring (bicyclic) bond motifs is 3. The first kappa shape index (κ1) is 21.8.